The van der Waals surface area contributed by atoms with E-state index in [-0.39, 0.29) is 11.7 Å². The smallest absolute Gasteiger partial charge is 0.317 e. The first kappa shape index (κ1) is 6.83. The van der Waals surface area contributed by atoms with E-state index in [4.69, 9.17) is 5.11 Å². The quantitative estimate of drug-likeness (QED) is 0.569. The molecule has 2 saturated carbocycles. The van der Waals surface area contributed by atoms with Gasteiger partial charge in [0.05, 0.1) is 0 Å². The van der Waals surface area contributed by atoms with Crippen molar-refractivity contribution in [2.45, 2.75) is 25.7 Å². The van der Waals surface area contributed by atoms with Gasteiger partial charge in [0.1, 0.15) is 11.2 Å². The number of hydrogen-bond acceptors (Lipinski definition) is 2. The lowest BCUT2D eigenvalue weighted by atomic mass is 9.87. The number of aliphatic carboxylic acids is 1. The van der Waals surface area contributed by atoms with Crippen LogP contribution < -0.4 is 0 Å². The van der Waals surface area contributed by atoms with E-state index in [9.17, 15) is 9.59 Å². The molecule has 0 aromatic heterocycles. The molecule has 0 aromatic rings. The molecule has 0 amide bonds. The maximum absolute atomic E-state index is 11.2. The predicted octanol–water partition coefficient (Wildman–Crippen LogP) is 0.830. The van der Waals surface area contributed by atoms with Crippen molar-refractivity contribution in [1.82, 2.24) is 0 Å². The van der Waals surface area contributed by atoms with E-state index >= 15 is 0 Å². The van der Waals surface area contributed by atoms with Crippen molar-refractivity contribution in [2.75, 3.05) is 0 Å². The number of carbonyl (C=O) groups excluding carboxylic acids is 1. The third kappa shape index (κ3) is 0.682. The Morgan fingerprint density at radius 3 is 2.82 bits per heavy atom. The fourth-order valence-electron chi connectivity index (χ4n) is 2.13. The van der Waals surface area contributed by atoms with Crippen LogP contribution in [-0.2, 0) is 9.59 Å². The Balaban J connectivity index is 2.27. The monoisotopic (exact) mass is 154 g/mol. The van der Waals surface area contributed by atoms with Gasteiger partial charge >= 0.3 is 5.97 Å². The summed E-state index contributed by atoms with van der Waals surface area (Å²) in [5.74, 6) is -0.769. The van der Waals surface area contributed by atoms with E-state index in [1.807, 2.05) is 0 Å². The van der Waals surface area contributed by atoms with Gasteiger partial charge in [0, 0.05) is 6.42 Å². The molecule has 2 aliphatic carbocycles. The second-order valence-electron chi connectivity index (χ2n) is 3.49. The molecule has 2 fully saturated rings. The third-order valence-electron chi connectivity index (χ3n) is 2.94. The summed E-state index contributed by atoms with van der Waals surface area (Å²) in [6, 6.07) is 0. The first-order valence-electron chi connectivity index (χ1n) is 3.94. The molecule has 0 spiro atoms. The molecule has 0 heterocycles. The van der Waals surface area contributed by atoms with Gasteiger partial charge in [-0.3, -0.25) is 9.59 Å². The molecule has 0 saturated heterocycles. The number of carboxylic acid groups (broad SMARTS) is 1. The van der Waals surface area contributed by atoms with E-state index in [0.717, 1.165) is 12.8 Å². The third-order valence-corrected chi connectivity index (χ3v) is 2.94. The lowest BCUT2D eigenvalue weighted by Gasteiger charge is -2.15. The SMILES string of the molecule is O=C(O)C12CC1CCCC2=O. The predicted molar refractivity (Wildman–Crippen MR) is 37.0 cm³/mol. The van der Waals surface area contributed by atoms with Crippen LogP contribution in [0.2, 0.25) is 0 Å². The molecule has 0 aliphatic heterocycles. The molecule has 60 valence electrons. The fraction of sp³-hybridized carbons (Fsp3) is 0.750. The number of rotatable bonds is 1. The molecule has 2 aliphatic rings. The van der Waals surface area contributed by atoms with Gasteiger partial charge in [0.15, 0.2) is 0 Å². The number of fused-ring (bicyclic) bond motifs is 1. The van der Waals surface area contributed by atoms with Crippen LogP contribution in [0.4, 0.5) is 0 Å². The minimum Gasteiger partial charge on any atom is -0.480 e. The molecule has 2 unspecified atom stereocenters. The molecule has 2 rings (SSSR count). The molecule has 0 aromatic carbocycles. The Morgan fingerprint density at radius 1 is 1.64 bits per heavy atom. The van der Waals surface area contributed by atoms with Crippen LogP contribution in [0.15, 0.2) is 0 Å². The van der Waals surface area contributed by atoms with Gasteiger partial charge in [-0.25, -0.2) is 0 Å². The molecule has 2 atom stereocenters. The van der Waals surface area contributed by atoms with Crippen molar-refractivity contribution in [3.8, 4) is 0 Å². The molecule has 0 bridgehead atoms. The molecule has 1 N–H and O–H groups in total. The minimum absolute atomic E-state index is 0.0405. The molecular weight excluding hydrogens is 144 g/mol. The fourth-order valence-corrected chi connectivity index (χ4v) is 2.13. The van der Waals surface area contributed by atoms with Crippen LogP contribution in [0.1, 0.15) is 25.7 Å². The number of carboxylic acids is 1. The summed E-state index contributed by atoms with van der Waals surface area (Å²) >= 11 is 0. The van der Waals surface area contributed by atoms with E-state index in [0.29, 0.717) is 12.8 Å². The van der Waals surface area contributed by atoms with Crippen LogP contribution in [0.3, 0.4) is 0 Å². The summed E-state index contributed by atoms with van der Waals surface area (Å²) in [6.07, 6.45) is 2.89. The van der Waals surface area contributed by atoms with Crippen molar-refractivity contribution in [1.29, 1.82) is 0 Å². The maximum atomic E-state index is 11.2. The summed E-state index contributed by atoms with van der Waals surface area (Å²) in [5, 5.41) is 8.79. The highest BCUT2D eigenvalue weighted by Crippen LogP contribution is 2.59. The number of Topliss-reactive ketones (excluding diaryl/α,β-unsaturated/α-hetero) is 1. The second kappa shape index (κ2) is 1.84. The first-order valence-corrected chi connectivity index (χ1v) is 3.94. The Hall–Kier alpha value is -0.860. The van der Waals surface area contributed by atoms with Crippen LogP contribution in [0, 0.1) is 11.3 Å². The average Bonchev–Trinajstić information content (AvgIpc) is 2.64. The summed E-state index contributed by atoms with van der Waals surface area (Å²) in [6.45, 7) is 0. The van der Waals surface area contributed by atoms with Crippen LogP contribution in [-0.4, -0.2) is 16.9 Å². The van der Waals surface area contributed by atoms with Gasteiger partial charge in [0.2, 0.25) is 0 Å². The molecule has 0 radical (unpaired) electrons. The Bertz CT molecular complexity index is 233. The van der Waals surface area contributed by atoms with Crippen molar-refractivity contribution < 1.29 is 14.7 Å². The van der Waals surface area contributed by atoms with Crippen molar-refractivity contribution in [3.63, 3.8) is 0 Å². The van der Waals surface area contributed by atoms with Crippen LogP contribution >= 0.6 is 0 Å². The van der Waals surface area contributed by atoms with Crippen molar-refractivity contribution in [3.05, 3.63) is 0 Å². The molecular formula is C8H10O3. The zero-order valence-electron chi connectivity index (χ0n) is 6.17. The topological polar surface area (TPSA) is 54.4 Å². The highest BCUT2D eigenvalue weighted by molar-refractivity contribution is 6.07. The number of carbonyl (C=O) groups is 2. The summed E-state index contributed by atoms with van der Waals surface area (Å²) in [5.41, 5.74) is -0.918. The van der Waals surface area contributed by atoms with Gasteiger partial charge in [0.25, 0.3) is 0 Å². The Morgan fingerprint density at radius 2 is 2.36 bits per heavy atom. The van der Waals surface area contributed by atoms with E-state index in [1.54, 1.807) is 0 Å². The Kier molecular flexibility index (Phi) is 1.14. The first-order chi connectivity index (χ1) is 5.18. The summed E-state index contributed by atoms with van der Waals surface area (Å²) < 4.78 is 0. The second-order valence-corrected chi connectivity index (χ2v) is 3.49. The van der Waals surface area contributed by atoms with Crippen molar-refractivity contribution >= 4 is 11.8 Å². The normalized spacial score (nSPS) is 41.5. The van der Waals surface area contributed by atoms with Gasteiger partial charge in [-0.05, 0) is 25.2 Å². The number of ketones is 1. The van der Waals surface area contributed by atoms with Gasteiger partial charge in [-0.15, -0.1) is 0 Å². The Labute approximate surface area is 64.4 Å². The largest absolute Gasteiger partial charge is 0.480 e. The molecule has 11 heavy (non-hydrogen) atoms. The maximum Gasteiger partial charge on any atom is 0.317 e. The van der Waals surface area contributed by atoms with Crippen LogP contribution in [0.5, 0.6) is 0 Å². The standard InChI is InChI=1S/C8H10O3/c9-6-3-1-2-5-4-8(5,6)7(10)11/h5H,1-4H2,(H,10,11). The minimum atomic E-state index is -0.918. The highest BCUT2D eigenvalue weighted by atomic mass is 16.4. The van der Waals surface area contributed by atoms with E-state index in [2.05, 4.69) is 0 Å². The van der Waals surface area contributed by atoms with Crippen LogP contribution in [0.25, 0.3) is 0 Å². The van der Waals surface area contributed by atoms with E-state index in [1.165, 1.54) is 0 Å². The lowest BCUT2D eigenvalue weighted by Crippen LogP contribution is -2.30. The summed E-state index contributed by atoms with van der Waals surface area (Å²) in [7, 11) is 0. The average molecular weight is 154 g/mol. The molecule has 3 heteroatoms. The van der Waals surface area contributed by atoms with Crippen molar-refractivity contribution in [2.24, 2.45) is 11.3 Å². The van der Waals surface area contributed by atoms with Gasteiger partial charge in [-0.2, -0.15) is 0 Å². The zero-order chi connectivity index (χ0) is 8.06. The lowest BCUT2D eigenvalue weighted by molar-refractivity contribution is -0.150. The summed E-state index contributed by atoms with van der Waals surface area (Å²) in [4.78, 5) is 21.9. The highest BCUT2D eigenvalue weighted by Gasteiger charge is 2.66. The number of hydrogen-bond donors (Lipinski definition) is 1. The van der Waals surface area contributed by atoms with Gasteiger partial charge < -0.3 is 5.11 Å². The van der Waals surface area contributed by atoms with Gasteiger partial charge in [-0.1, -0.05) is 0 Å². The zero-order valence-corrected chi connectivity index (χ0v) is 6.17. The molecule has 3 nitrogen and oxygen atoms in total. The van der Waals surface area contributed by atoms with E-state index < -0.39 is 11.4 Å².